The summed E-state index contributed by atoms with van der Waals surface area (Å²) in [6.07, 6.45) is 7.23. The lowest BCUT2D eigenvalue weighted by Crippen LogP contribution is -2.28. The smallest absolute Gasteiger partial charge is 0.263 e. The molecule has 176 valence electrons. The van der Waals surface area contributed by atoms with Gasteiger partial charge in [-0.2, -0.15) is 0 Å². The highest BCUT2D eigenvalue weighted by molar-refractivity contribution is 7.11. The average molecular weight is 469 g/mol. The summed E-state index contributed by atoms with van der Waals surface area (Å²) >= 11 is 1.31. The van der Waals surface area contributed by atoms with Gasteiger partial charge < -0.3 is 20.5 Å². The minimum absolute atomic E-state index is 0.0531. The molecule has 2 aromatic heterocycles. The summed E-state index contributed by atoms with van der Waals surface area (Å²) in [4.78, 5) is 38.8. The van der Waals surface area contributed by atoms with Crippen molar-refractivity contribution in [3.8, 4) is 11.3 Å². The van der Waals surface area contributed by atoms with Gasteiger partial charge in [-0.15, -0.1) is 11.3 Å². The zero-order chi connectivity index (χ0) is 23.6. The zero-order valence-electron chi connectivity index (χ0n) is 19.4. The molecule has 8 nitrogen and oxygen atoms in total. The maximum absolute atomic E-state index is 12.7. The van der Waals surface area contributed by atoms with Crippen molar-refractivity contribution < 1.29 is 9.59 Å². The Morgan fingerprint density at radius 1 is 1.12 bits per heavy atom. The number of carbonyl (C=O) groups excluding carboxylic acids is 2. The number of thiazole rings is 1. The van der Waals surface area contributed by atoms with E-state index in [1.807, 2.05) is 20.3 Å². The number of nitrogens with one attached hydrogen (secondary N) is 3. The normalized spacial score (nSPS) is 12.0. The van der Waals surface area contributed by atoms with Crippen molar-refractivity contribution in [1.29, 1.82) is 0 Å². The summed E-state index contributed by atoms with van der Waals surface area (Å²) in [5, 5.41) is 5.74. The predicted octanol–water partition coefficient (Wildman–Crippen LogP) is 3.76. The Kier molecular flexibility index (Phi) is 9.14. The molecule has 0 aliphatic heterocycles. The molecule has 0 saturated carbocycles. The van der Waals surface area contributed by atoms with Crippen LogP contribution in [0, 0.1) is 0 Å². The highest BCUT2D eigenvalue weighted by Gasteiger charge is 2.20. The lowest BCUT2D eigenvalue weighted by Gasteiger charge is -2.16. The second-order valence-electron chi connectivity index (χ2n) is 8.28. The lowest BCUT2D eigenvalue weighted by molar-refractivity contribution is -0.120. The van der Waals surface area contributed by atoms with Crippen LogP contribution in [0.1, 0.15) is 59.2 Å². The summed E-state index contributed by atoms with van der Waals surface area (Å²) < 4.78 is 0. The third-order valence-corrected chi connectivity index (χ3v) is 6.10. The fraction of sp³-hybridized carbons (Fsp3) is 0.417. The van der Waals surface area contributed by atoms with Gasteiger partial charge in [0.25, 0.3) is 5.91 Å². The Morgan fingerprint density at radius 3 is 2.58 bits per heavy atom. The van der Waals surface area contributed by atoms with Gasteiger partial charge in [-0.05, 0) is 38.1 Å². The SMILES string of the molecule is CNC(=O)CCCCC[C@H](NC(=O)c1cncs1)c1ncc(-c2ccc(CN(C)C)cc2)[nH]1. The van der Waals surface area contributed by atoms with Crippen molar-refractivity contribution >= 4 is 23.2 Å². The molecular weight excluding hydrogens is 436 g/mol. The monoisotopic (exact) mass is 468 g/mol. The Morgan fingerprint density at radius 2 is 1.91 bits per heavy atom. The van der Waals surface area contributed by atoms with Gasteiger partial charge in [0.2, 0.25) is 5.91 Å². The maximum Gasteiger partial charge on any atom is 0.263 e. The third kappa shape index (κ3) is 7.50. The van der Waals surface area contributed by atoms with E-state index >= 15 is 0 Å². The number of benzene rings is 1. The highest BCUT2D eigenvalue weighted by atomic mass is 32.1. The van der Waals surface area contributed by atoms with Crippen molar-refractivity contribution in [1.82, 2.24) is 30.5 Å². The van der Waals surface area contributed by atoms with Crippen molar-refractivity contribution in [2.24, 2.45) is 0 Å². The standard InChI is InChI=1S/C24H32N6O2S/c1-25-22(31)8-6-4-5-7-19(29-24(32)21-14-26-16-33-21)23-27-13-20(28-23)18-11-9-17(10-12-18)15-30(2)3/h9-14,16,19H,4-8,15H2,1-3H3,(H,25,31)(H,27,28)(H,29,32)/t19-/m0/s1. The molecule has 3 N–H and O–H groups in total. The van der Waals surface area contributed by atoms with Gasteiger partial charge in [0.05, 0.1) is 29.6 Å². The number of aromatic amines is 1. The Balaban J connectivity index is 1.68. The number of imidazole rings is 1. The van der Waals surface area contributed by atoms with Gasteiger partial charge in [0.15, 0.2) is 0 Å². The maximum atomic E-state index is 12.7. The van der Waals surface area contributed by atoms with Gasteiger partial charge in [0, 0.05) is 20.0 Å². The Bertz CT molecular complexity index is 1010. The van der Waals surface area contributed by atoms with Crippen molar-refractivity contribution in [2.75, 3.05) is 21.1 Å². The van der Waals surface area contributed by atoms with Gasteiger partial charge in [-0.25, -0.2) is 4.98 Å². The molecule has 2 amide bonds. The Hall–Kier alpha value is -3.04. The van der Waals surface area contributed by atoms with Crippen molar-refractivity contribution in [2.45, 2.75) is 44.7 Å². The molecule has 3 rings (SSSR count). The first-order valence-corrected chi connectivity index (χ1v) is 12.0. The molecule has 0 bridgehead atoms. The molecule has 33 heavy (non-hydrogen) atoms. The number of hydrogen-bond acceptors (Lipinski definition) is 6. The number of nitrogens with zero attached hydrogens (tertiary/aromatic N) is 3. The lowest BCUT2D eigenvalue weighted by atomic mass is 10.1. The molecule has 1 atom stereocenters. The molecule has 3 aromatic rings. The molecule has 1 aromatic carbocycles. The van der Waals surface area contributed by atoms with E-state index < -0.39 is 0 Å². The molecular formula is C24H32N6O2S. The quantitative estimate of drug-likeness (QED) is 0.351. The number of H-pyrrole nitrogens is 1. The minimum Gasteiger partial charge on any atom is -0.359 e. The fourth-order valence-electron chi connectivity index (χ4n) is 3.59. The molecule has 0 saturated heterocycles. The zero-order valence-corrected chi connectivity index (χ0v) is 20.2. The number of aromatic nitrogens is 3. The summed E-state index contributed by atoms with van der Waals surface area (Å²) in [7, 11) is 5.75. The Labute approximate surface area is 198 Å². The summed E-state index contributed by atoms with van der Waals surface area (Å²) in [6, 6.07) is 8.15. The molecule has 0 radical (unpaired) electrons. The van der Waals surface area contributed by atoms with Crippen LogP contribution in [-0.2, 0) is 11.3 Å². The first kappa shape index (κ1) is 24.6. The molecule has 0 fully saturated rings. The fourth-order valence-corrected chi connectivity index (χ4v) is 4.11. The van der Waals surface area contributed by atoms with Crippen LogP contribution in [0.15, 0.2) is 42.2 Å². The van der Waals surface area contributed by atoms with Gasteiger partial charge in [-0.1, -0.05) is 37.1 Å². The van der Waals surface area contributed by atoms with Crippen molar-refractivity contribution in [3.05, 3.63) is 58.4 Å². The highest BCUT2D eigenvalue weighted by Crippen LogP contribution is 2.24. The summed E-state index contributed by atoms with van der Waals surface area (Å²) in [6.45, 7) is 0.889. The van der Waals surface area contributed by atoms with E-state index in [4.69, 9.17) is 0 Å². The van der Waals surface area contributed by atoms with Crippen LogP contribution in [0.2, 0.25) is 0 Å². The van der Waals surface area contributed by atoms with Crippen LogP contribution in [0.25, 0.3) is 11.3 Å². The summed E-state index contributed by atoms with van der Waals surface area (Å²) in [5.41, 5.74) is 4.86. The number of rotatable bonds is 12. The van der Waals surface area contributed by atoms with Crippen LogP contribution < -0.4 is 10.6 Å². The van der Waals surface area contributed by atoms with Crippen molar-refractivity contribution in [3.63, 3.8) is 0 Å². The number of amides is 2. The summed E-state index contributed by atoms with van der Waals surface area (Å²) in [5.74, 6) is 0.628. The number of carbonyl (C=O) groups is 2. The van der Waals surface area contributed by atoms with E-state index in [-0.39, 0.29) is 17.9 Å². The average Bonchev–Trinajstić information content (AvgIpc) is 3.50. The third-order valence-electron chi connectivity index (χ3n) is 5.33. The van der Waals surface area contributed by atoms with Gasteiger partial charge >= 0.3 is 0 Å². The predicted molar refractivity (Wildman–Crippen MR) is 131 cm³/mol. The topological polar surface area (TPSA) is 103 Å². The van der Waals surface area contributed by atoms with Crippen LogP contribution in [0.5, 0.6) is 0 Å². The van der Waals surface area contributed by atoms with E-state index in [1.165, 1.54) is 16.9 Å². The van der Waals surface area contributed by atoms with E-state index in [1.54, 1.807) is 18.8 Å². The minimum atomic E-state index is -0.249. The van der Waals surface area contributed by atoms with Gasteiger partial charge in [0.1, 0.15) is 10.7 Å². The first-order chi connectivity index (χ1) is 16.0. The van der Waals surface area contributed by atoms with E-state index in [0.717, 1.165) is 49.3 Å². The van der Waals surface area contributed by atoms with Crippen LogP contribution in [0.3, 0.4) is 0 Å². The molecule has 9 heteroatoms. The van der Waals surface area contributed by atoms with Crippen LogP contribution in [0.4, 0.5) is 0 Å². The number of unbranched alkanes of at least 4 members (excludes halogenated alkanes) is 2. The molecule has 0 spiro atoms. The van der Waals surface area contributed by atoms with Crippen LogP contribution >= 0.6 is 11.3 Å². The second kappa shape index (κ2) is 12.3. The molecule has 0 aliphatic rings. The largest absolute Gasteiger partial charge is 0.359 e. The van der Waals surface area contributed by atoms with Gasteiger partial charge in [-0.3, -0.25) is 14.6 Å². The van der Waals surface area contributed by atoms with Crippen LogP contribution in [-0.4, -0.2) is 52.8 Å². The molecule has 0 unspecified atom stereocenters. The van der Waals surface area contributed by atoms with E-state index in [0.29, 0.717) is 11.3 Å². The second-order valence-corrected chi connectivity index (χ2v) is 9.17. The van der Waals surface area contributed by atoms with E-state index in [9.17, 15) is 9.59 Å². The number of hydrogen-bond donors (Lipinski definition) is 3. The molecule has 0 aliphatic carbocycles. The molecule has 2 heterocycles. The first-order valence-electron chi connectivity index (χ1n) is 11.1. The van der Waals surface area contributed by atoms with E-state index in [2.05, 4.69) is 54.8 Å².